The first-order valence-electron chi connectivity index (χ1n) is 5.45. The Morgan fingerprint density at radius 3 is 2.82 bits per heavy atom. The molecule has 1 rings (SSSR count). The Kier molecular flexibility index (Phi) is 4.62. The first-order valence-corrected chi connectivity index (χ1v) is 5.45. The summed E-state index contributed by atoms with van der Waals surface area (Å²) < 4.78 is 6.20. The zero-order chi connectivity index (χ0) is 12.8. The van der Waals surface area contributed by atoms with Crippen molar-refractivity contribution in [3.63, 3.8) is 0 Å². The Labute approximate surface area is 98.5 Å². The van der Waals surface area contributed by atoms with Gasteiger partial charge in [-0.3, -0.25) is 14.8 Å². The average molecular weight is 241 g/mol. The minimum atomic E-state index is -0.589. The number of carbonyl (C=O) groups excluding carboxylic acids is 1. The van der Waals surface area contributed by atoms with Crippen molar-refractivity contribution in [2.75, 3.05) is 6.61 Å². The molecule has 7 heteroatoms. The van der Waals surface area contributed by atoms with Gasteiger partial charge in [0.1, 0.15) is 18.4 Å². The summed E-state index contributed by atoms with van der Waals surface area (Å²) in [7, 11) is 0. The lowest BCUT2D eigenvalue weighted by Crippen LogP contribution is -2.22. The van der Waals surface area contributed by atoms with Crippen molar-refractivity contribution < 1.29 is 14.5 Å². The smallest absolute Gasteiger partial charge is 0.330 e. The number of nitro groups is 1. The van der Waals surface area contributed by atoms with Gasteiger partial charge in [0.05, 0.1) is 11.5 Å². The molecule has 0 spiro atoms. The van der Waals surface area contributed by atoms with E-state index in [1.165, 1.54) is 10.9 Å². The van der Waals surface area contributed by atoms with E-state index in [4.69, 9.17) is 4.74 Å². The van der Waals surface area contributed by atoms with Crippen LogP contribution in [-0.2, 0) is 9.53 Å². The van der Waals surface area contributed by atoms with Crippen LogP contribution in [0.2, 0.25) is 0 Å². The molecular weight excluding hydrogens is 226 g/mol. The van der Waals surface area contributed by atoms with Gasteiger partial charge in [-0.2, -0.15) is 5.10 Å². The molecule has 1 atom stereocenters. The van der Waals surface area contributed by atoms with Gasteiger partial charge in [-0.05, 0) is 13.3 Å². The van der Waals surface area contributed by atoms with Gasteiger partial charge in [-0.25, -0.2) is 4.79 Å². The third-order valence-electron chi connectivity index (χ3n) is 2.24. The number of hydrogen-bond donors (Lipinski definition) is 0. The van der Waals surface area contributed by atoms with Crippen LogP contribution < -0.4 is 0 Å². The van der Waals surface area contributed by atoms with Crippen LogP contribution in [0.4, 0.5) is 5.69 Å². The van der Waals surface area contributed by atoms with E-state index < -0.39 is 16.9 Å². The number of aromatic nitrogens is 2. The van der Waals surface area contributed by atoms with E-state index >= 15 is 0 Å². The van der Waals surface area contributed by atoms with Crippen LogP contribution >= 0.6 is 0 Å². The number of hydrogen-bond acceptors (Lipinski definition) is 5. The highest BCUT2D eigenvalue weighted by atomic mass is 16.6. The number of rotatable bonds is 6. The SMILES string of the molecule is CCCC(C(=O)OCC)n1cc([N+](=O)[O-])cn1. The van der Waals surface area contributed by atoms with Crippen LogP contribution in [0.1, 0.15) is 32.7 Å². The molecule has 0 N–H and O–H groups in total. The molecule has 1 heterocycles. The second-order valence-electron chi connectivity index (χ2n) is 3.49. The summed E-state index contributed by atoms with van der Waals surface area (Å²) in [6.07, 6.45) is 3.67. The lowest BCUT2D eigenvalue weighted by molar-refractivity contribution is -0.385. The molecule has 0 fully saturated rings. The molecule has 1 unspecified atom stereocenters. The molecular formula is C10H15N3O4. The maximum absolute atomic E-state index is 11.7. The van der Waals surface area contributed by atoms with E-state index in [0.29, 0.717) is 6.42 Å². The van der Waals surface area contributed by atoms with Gasteiger partial charge in [0, 0.05) is 0 Å². The fourth-order valence-electron chi connectivity index (χ4n) is 1.46. The Morgan fingerprint density at radius 2 is 2.35 bits per heavy atom. The van der Waals surface area contributed by atoms with Crippen molar-refractivity contribution in [1.29, 1.82) is 0 Å². The quantitative estimate of drug-likeness (QED) is 0.429. The van der Waals surface area contributed by atoms with E-state index in [0.717, 1.165) is 12.6 Å². The van der Waals surface area contributed by atoms with E-state index in [9.17, 15) is 14.9 Å². The Hall–Kier alpha value is -1.92. The number of ether oxygens (including phenoxy) is 1. The normalized spacial score (nSPS) is 12.1. The minimum Gasteiger partial charge on any atom is -0.464 e. The topological polar surface area (TPSA) is 87.3 Å². The van der Waals surface area contributed by atoms with Crippen LogP contribution in [0.25, 0.3) is 0 Å². The van der Waals surface area contributed by atoms with E-state index in [2.05, 4.69) is 5.10 Å². The van der Waals surface area contributed by atoms with E-state index in [-0.39, 0.29) is 12.3 Å². The monoisotopic (exact) mass is 241 g/mol. The molecule has 0 aliphatic heterocycles. The summed E-state index contributed by atoms with van der Waals surface area (Å²) in [4.78, 5) is 21.6. The number of carbonyl (C=O) groups is 1. The van der Waals surface area contributed by atoms with Gasteiger partial charge in [0.25, 0.3) is 0 Å². The molecule has 0 radical (unpaired) electrons. The van der Waals surface area contributed by atoms with Crippen molar-refractivity contribution in [1.82, 2.24) is 9.78 Å². The largest absolute Gasteiger partial charge is 0.464 e. The molecule has 0 aromatic carbocycles. The third kappa shape index (κ3) is 3.27. The van der Waals surface area contributed by atoms with E-state index in [1.807, 2.05) is 6.92 Å². The van der Waals surface area contributed by atoms with Crippen molar-refractivity contribution in [2.45, 2.75) is 32.7 Å². The minimum absolute atomic E-state index is 0.129. The first-order chi connectivity index (χ1) is 8.10. The highest BCUT2D eigenvalue weighted by molar-refractivity contribution is 5.74. The molecule has 7 nitrogen and oxygen atoms in total. The highest BCUT2D eigenvalue weighted by Crippen LogP contribution is 2.18. The van der Waals surface area contributed by atoms with E-state index in [1.54, 1.807) is 6.92 Å². The summed E-state index contributed by atoms with van der Waals surface area (Å²) in [5, 5.41) is 14.4. The second-order valence-corrected chi connectivity index (χ2v) is 3.49. The average Bonchev–Trinajstić information content (AvgIpc) is 2.75. The van der Waals surface area contributed by atoms with Crippen molar-refractivity contribution in [3.05, 3.63) is 22.5 Å². The van der Waals surface area contributed by atoms with Gasteiger partial charge in [0.15, 0.2) is 0 Å². The van der Waals surface area contributed by atoms with Crippen LogP contribution in [0.5, 0.6) is 0 Å². The summed E-state index contributed by atoms with van der Waals surface area (Å²) in [6.45, 7) is 3.92. The van der Waals surface area contributed by atoms with Crippen LogP contribution in [0.3, 0.4) is 0 Å². The van der Waals surface area contributed by atoms with Crippen molar-refractivity contribution >= 4 is 11.7 Å². The molecule has 17 heavy (non-hydrogen) atoms. The standard InChI is InChI=1S/C10H15N3O4/c1-3-5-9(10(14)17-4-2)12-7-8(6-11-12)13(15)16/h6-7,9H,3-5H2,1-2H3. The first kappa shape index (κ1) is 13.1. The summed E-state index contributed by atoms with van der Waals surface area (Å²) >= 11 is 0. The lowest BCUT2D eigenvalue weighted by atomic mass is 10.2. The molecule has 94 valence electrons. The Bertz CT molecular complexity index is 402. The van der Waals surface area contributed by atoms with Crippen molar-refractivity contribution in [2.24, 2.45) is 0 Å². The zero-order valence-corrected chi connectivity index (χ0v) is 9.83. The summed E-state index contributed by atoms with van der Waals surface area (Å²) in [5.74, 6) is -0.410. The van der Waals surface area contributed by atoms with Crippen LogP contribution in [0, 0.1) is 10.1 Å². The summed E-state index contributed by atoms with van der Waals surface area (Å²) in [5.41, 5.74) is -0.129. The molecule has 0 saturated heterocycles. The molecule has 1 aromatic heterocycles. The van der Waals surface area contributed by atoms with Gasteiger partial charge in [-0.1, -0.05) is 13.3 Å². The lowest BCUT2D eigenvalue weighted by Gasteiger charge is -2.14. The maximum atomic E-state index is 11.7. The highest BCUT2D eigenvalue weighted by Gasteiger charge is 2.23. The Balaban J connectivity index is 2.88. The van der Waals surface area contributed by atoms with Gasteiger partial charge in [0.2, 0.25) is 0 Å². The van der Waals surface area contributed by atoms with Gasteiger partial charge < -0.3 is 4.74 Å². The second kappa shape index (κ2) is 5.97. The van der Waals surface area contributed by atoms with Crippen LogP contribution in [-0.4, -0.2) is 27.3 Å². The molecule has 0 amide bonds. The molecule has 0 aliphatic rings. The van der Waals surface area contributed by atoms with Gasteiger partial charge in [-0.15, -0.1) is 0 Å². The van der Waals surface area contributed by atoms with Gasteiger partial charge >= 0.3 is 11.7 Å². The van der Waals surface area contributed by atoms with Crippen LogP contribution in [0.15, 0.2) is 12.4 Å². The molecule has 0 aliphatic carbocycles. The predicted molar refractivity (Wildman–Crippen MR) is 59.5 cm³/mol. The Morgan fingerprint density at radius 1 is 1.65 bits per heavy atom. The summed E-state index contributed by atoms with van der Waals surface area (Å²) in [6, 6.07) is -0.589. The fraction of sp³-hybridized carbons (Fsp3) is 0.600. The number of esters is 1. The molecule has 1 aromatic rings. The third-order valence-corrected chi connectivity index (χ3v) is 2.24. The number of nitrogens with zero attached hydrogens (tertiary/aromatic N) is 3. The zero-order valence-electron chi connectivity index (χ0n) is 9.83. The van der Waals surface area contributed by atoms with Crippen molar-refractivity contribution in [3.8, 4) is 0 Å². The molecule has 0 bridgehead atoms. The maximum Gasteiger partial charge on any atom is 0.330 e. The fourth-order valence-corrected chi connectivity index (χ4v) is 1.46. The predicted octanol–water partition coefficient (Wildman–Crippen LogP) is 1.70. The molecule has 0 saturated carbocycles.